The number of carbonyl (C=O) groups is 2. The van der Waals surface area contributed by atoms with Crippen LogP contribution < -0.4 is 14.8 Å². The summed E-state index contributed by atoms with van der Waals surface area (Å²) in [4.78, 5) is 26.8. The molecule has 1 N–H and O–H groups in total. The Hall–Kier alpha value is -3.02. The predicted octanol–water partition coefficient (Wildman–Crippen LogP) is 1.76. The Labute approximate surface area is 138 Å². The number of carbonyl (C=O) groups excluding carboxylic acids is 2. The first-order valence-corrected chi connectivity index (χ1v) is 7.77. The lowest BCUT2D eigenvalue weighted by Crippen LogP contribution is -2.64. The molecule has 0 aromatic heterocycles. The van der Waals surface area contributed by atoms with Gasteiger partial charge in [-0.3, -0.25) is 9.59 Å². The molecular formula is C18H14N2O4. The number of fused-ring (bicyclic) bond motifs is 3. The Kier molecular flexibility index (Phi) is 2.52. The van der Waals surface area contributed by atoms with E-state index in [4.69, 9.17) is 9.47 Å². The summed E-state index contributed by atoms with van der Waals surface area (Å²) in [6.07, 6.45) is 0. The van der Waals surface area contributed by atoms with Crippen molar-refractivity contribution in [1.29, 1.82) is 0 Å². The molecule has 0 saturated carbocycles. The maximum absolute atomic E-state index is 12.7. The fraction of sp³-hybridized carbons (Fsp3) is 0.222. The van der Waals surface area contributed by atoms with Gasteiger partial charge >= 0.3 is 0 Å². The van der Waals surface area contributed by atoms with Gasteiger partial charge in [0.15, 0.2) is 11.5 Å². The molecule has 0 bridgehead atoms. The van der Waals surface area contributed by atoms with Crippen LogP contribution in [0.3, 0.4) is 0 Å². The van der Waals surface area contributed by atoms with Gasteiger partial charge in [-0.2, -0.15) is 0 Å². The van der Waals surface area contributed by atoms with Crippen molar-refractivity contribution in [2.75, 3.05) is 25.2 Å². The third-order valence-electron chi connectivity index (χ3n) is 4.95. The summed E-state index contributed by atoms with van der Waals surface area (Å²) in [5.41, 5.74) is 1.76. The van der Waals surface area contributed by atoms with E-state index in [-0.39, 0.29) is 18.6 Å². The minimum atomic E-state index is -0.609. The van der Waals surface area contributed by atoms with Gasteiger partial charge in [-0.15, -0.1) is 0 Å². The van der Waals surface area contributed by atoms with Gasteiger partial charge < -0.3 is 19.7 Å². The number of hydrogen-bond donors (Lipinski definition) is 1. The van der Waals surface area contributed by atoms with Crippen molar-refractivity contribution in [3.05, 3.63) is 53.6 Å². The number of ether oxygens (including phenoxy) is 2. The first-order chi connectivity index (χ1) is 11.7. The van der Waals surface area contributed by atoms with E-state index in [1.165, 1.54) is 0 Å². The normalized spacial score (nSPS) is 19.0. The molecule has 3 aliphatic rings. The molecule has 24 heavy (non-hydrogen) atoms. The van der Waals surface area contributed by atoms with Crippen molar-refractivity contribution < 1.29 is 19.1 Å². The molecule has 2 amide bonds. The predicted molar refractivity (Wildman–Crippen MR) is 85.2 cm³/mol. The van der Waals surface area contributed by atoms with Gasteiger partial charge in [0.2, 0.25) is 12.7 Å². The van der Waals surface area contributed by atoms with E-state index in [9.17, 15) is 9.59 Å². The van der Waals surface area contributed by atoms with E-state index in [2.05, 4.69) is 5.32 Å². The van der Waals surface area contributed by atoms with Crippen LogP contribution in [0.4, 0.5) is 5.69 Å². The van der Waals surface area contributed by atoms with Crippen LogP contribution >= 0.6 is 0 Å². The second-order valence-electron chi connectivity index (χ2n) is 6.31. The highest BCUT2D eigenvalue weighted by Crippen LogP contribution is 2.44. The van der Waals surface area contributed by atoms with Gasteiger partial charge in [0.25, 0.3) is 5.91 Å². The number of para-hydroxylation sites is 1. The van der Waals surface area contributed by atoms with Crippen molar-refractivity contribution in [2.24, 2.45) is 0 Å². The summed E-state index contributed by atoms with van der Waals surface area (Å²) in [6, 6.07) is 12.8. The third kappa shape index (κ3) is 1.65. The van der Waals surface area contributed by atoms with E-state index in [0.29, 0.717) is 30.2 Å². The molecule has 1 fully saturated rings. The number of benzene rings is 2. The molecule has 120 valence electrons. The average Bonchev–Trinajstić information content (AvgIpc) is 3.13. The fourth-order valence-corrected chi connectivity index (χ4v) is 3.65. The number of anilines is 1. The van der Waals surface area contributed by atoms with Crippen LogP contribution in [0.1, 0.15) is 15.9 Å². The van der Waals surface area contributed by atoms with Crippen LogP contribution in [0.2, 0.25) is 0 Å². The molecule has 1 saturated heterocycles. The molecule has 2 aromatic carbocycles. The largest absolute Gasteiger partial charge is 0.454 e. The lowest BCUT2D eigenvalue weighted by atomic mass is 9.74. The van der Waals surface area contributed by atoms with Crippen molar-refractivity contribution in [1.82, 2.24) is 4.90 Å². The zero-order valence-electron chi connectivity index (χ0n) is 12.7. The van der Waals surface area contributed by atoms with Gasteiger partial charge in [0, 0.05) is 24.3 Å². The molecule has 3 aliphatic heterocycles. The van der Waals surface area contributed by atoms with E-state index in [1.54, 1.807) is 23.1 Å². The lowest BCUT2D eigenvalue weighted by molar-refractivity contribution is -0.125. The molecule has 6 nitrogen and oxygen atoms in total. The highest BCUT2D eigenvalue weighted by atomic mass is 16.7. The first-order valence-electron chi connectivity index (χ1n) is 7.77. The second kappa shape index (κ2) is 4.50. The molecule has 0 atom stereocenters. The smallest absolute Gasteiger partial charge is 0.254 e. The van der Waals surface area contributed by atoms with Crippen LogP contribution in [0.5, 0.6) is 11.5 Å². The van der Waals surface area contributed by atoms with Gasteiger partial charge in [0.05, 0.1) is 0 Å². The minimum Gasteiger partial charge on any atom is -0.454 e. The van der Waals surface area contributed by atoms with Gasteiger partial charge in [0.1, 0.15) is 5.41 Å². The summed E-state index contributed by atoms with van der Waals surface area (Å²) < 4.78 is 10.6. The summed E-state index contributed by atoms with van der Waals surface area (Å²) in [5.74, 6) is 1.10. The van der Waals surface area contributed by atoms with E-state index in [0.717, 1.165) is 11.3 Å². The van der Waals surface area contributed by atoms with Gasteiger partial charge in [-0.05, 0) is 29.8 Å². The number of nitrogens with one attached hydrogen (secondary N) is 1. The molecule has 0 aliphatic carbocycles. The Morgan fingerprint density at radius 1 is 1.08 bits per heavy atom. The minimum absolute atomic E-state index is 0.0292. The summed E-state index contributed by atoms with van der Waals surface area (Å²) in [6.45, 7) is 0.961. The second-order valence-corrected chi connectivity index (χ2v) is 6.31. The average molecular weight is 322 g/mol. The maximum Gasteiger partial charge on any atom is 0.254 e. The molecule has 6 heteroatoms. The van der Waals surface area contributed by atoms with Crippen molar-refractivity contribution in [3.63, 3.8) is 0 Å². The summed E-state index contributed by atoms with van der Waals surface area (Å²) in [5, 5.41) is 2.91. The maximum atomic E-state index is 12.7. The quantitative estimate of drug-likeness (QED) is 0.869. The van der Waals surface area contributed by atoms with Gasteiger partial charge in [-0.25, -0.2) is 0 Å². The highest BCUT2D eigenvalue weighted by Gasteiger charge is 2.56. The zero-order valence-corrected chi connectivity index (χ0v) is 12.7. The molecule has 0 unspecified atom stereocenters. The Morgan fingerprint density at radius 3 is 2.75 bits per heavy atom. The Bertz CT molecular complexity index is 886. The van der Waals surface area contributed by atoms with Crippen molar-refractivity contribution in [3.8, 4) is 11.5 Å². The number of rotatable bonds is 1. The summed E-state index contributed by atoms with van der Waals surface area (Å²) >= 11 is 0. The Morgan fingerprint density at radius 2 is 1.88 bits per heavy atom. The number of amides is 2. The number of hydrogen-bond acceptors (Lipinski definition) is 4. The highest BCUT2D eigenvalue weighted by molar-refractivity contribution is 6.09. The van der Waals surface area contributed by atoms with E-state index < -0.39 is 5.41 Å². The lowest BCUT2D eigenvalue weighted by Gasteiger charge is -2.46. The Balaban J connectivity index is 1.40. The molecule has 0 radical (unpaired) electrons. The molecule has 1 spiro atoms. The van der Waals surface area contributed by atoms with E-state index >= 15 is 0 Å². The van der Waals surface area contributed by atoms with Crippen molar-refractivity contribution >= 4 is 17.5 Å². The standard InChI is InChI=1S/C18H14N2O4/c21-16(11-5-6-14-15(7-11)24-10-23-14)20-8-18(9-20)12-3-1-2-4-13(12)19-17(18)22/h1-7H,8-10H2,(H,19,22). The third-order valence-corrected chi connectivity index (χ3v) is 4.95. The fourth-order valence-electron chi connectivity index (χ4n) is 3.65. The number of likely N-dealkylation sites (tertiary alicyclic amines) is 1. The van der Waals surface area contributed by atoms with Crippen LogP contribution in [-0.2, 0) is 10.2 Å². The van der Waals surface area contributed by atoms with Crippen LogP contribution in [0.25, 0.3) is 0 Å². The number of nitrogens with zero attached hydrogens (tertiary/aromatic N) is 1. The van der Waals surface area contributed by atoms with Crippen LogP contribution in [0, 0.1) is 0 Å². The summed E-state index contributed by atoms with van der Waals surface area (Å²) in [7, 11) is 0. The monoisotopic (exact) mass is 322 g/mol. The van der Waals surface area contributed by atoms with Gasteiger partial charge in [-0.1, -0.05) is 18.2 Å². The van der Waals surface area contributed by atoms with Crippen molar-refractivity contribution in [2.45, 2.75) is 5.41 Å². The zero-order chi connectivity index (χ0) is 16.3. The molecule has 3 heterocycles. The first kappa shape index (κ1) is 13.4. The topological polar surface area (TPSA) is 67.9 Å². The molecular weight excluding hydrogens is 308 g/mol. The van der Waals surface area contributed by atoms with E-state index in [1.807, 2.05) is 24.3 Å². The molecule has 2 aromatic rings. The van der Waals surface area contributed by atoms with Crippen LogP contribution in [-0.4, -0.2) is 36.6 Å². The van der Waals surface area contributed by atoms with Crippen LogP contribution in [0.15, 0.2) is 42.5 Å². The molecule has 5 rings (SSSR count). The SMILES string of the molecule is O=C(c1ccc2c(c1)OCO2)N1CC2(C1)C(=O)Nc1ccccc12.